The van der Waals surface area contributed by atoms with Crippen LogP contribution in [0.15, 0.2) is 24.3 Å². The molecule has 2 heterocycles. The second-order valence-corrected chi connectivity index (χ2v) is 8.74. The van der Waals surface area contributed by atoms with Gasteiger partial charge in [-0.05, 0) is 30.5 Å². The van der Waals surface area contributed by atoms with Crippen LogP contribution in [-0.4, -0.2) is 48.5 Å². The summed E-state index contributed by atoms with van der Waals surface area (Å²) in [7, 11) is 0. The molecule has 132 valence electrons. The molecule has 6 heteroatoms. The smallest absolute Gasteiger partial charge is 0.225 e. The predicted molar refractivity (Wildman–Crippen MR) is 104 cm³/mol. The molecule has 3 rings (SSSR count). The Kier molecular flexibility index (Phi) is 7.32. The highest BCUT2D eigenvalue weighted by molar-refractivity contribution is 7.99. The van der Waals surface area contributed by atoms with E-state index in [9.17, 15) is 4.79 Å². The molecule has 1 unspecified atom stereocenters. The molecule has 1 aromatic carbocycles. The number of nitrogens with one attached hydrogen (secondary N) is 2. The van der Waals surface area contributed by atoms with Gasteiger partial charge in [-0.1, -0.05) is 12.1 Å². The minimum Gasteiger partial charge on any atom is -0.381 e. The molecule has 0 saturated carbocycles. The summed E-state index contributed by atoms with van der Waals surface area (Å²) in [4.78, 5) is 12.2. The monoisotopic (exact) mass is 366 g/mol. The summed E-state index contributed by atoms with van der Waals surface area (Å²) in [5.41, 5.74) is 2.18. The molecule has 0 aromatic heterocycles. The van der Waals surface area contributed by atoms with Crippen LogP contribution < -0.4 is 10.6 Å². The first-order valence-electron chi connectivity index (χ1n) is 8.69. The second kappa shape index (κ2) is 9.70. The molecule has 2 N–H and O–H groups in total. The van der Waals surface area contributed by atoms with Crippen LogP contribution >= 0.6 is 23.5 Å². The number of anilines is 1. The van der Waals surface area contributed by atoms with Crippen LogP contribution in [-0.2, 0) is 15.3 Å². The lowest BCUT2D eigenvalue weighted by Crippen LogP contribution is -2.39. The van der Waals surface area contributed by atoms with Gasteiger partial charge in [0.1, 0.15) is 0 Å². The minimum atomic E-state index is 0.101. The molecule has 4 nitrogen and oxygen atoms in total. The fourth-order valence-electron chi connectivity index (χ4n) is 2.98. The van der Waals surface area contributed by atoms with Gasteiger partial charge in [-0.15, -0.1) is 0 Å². The van der Waals surface area contributed by atoms with E-state index >= 15 is 0 Å². The van der Waals surface area contributed by atoms with Crippen molar-refractivity contribution in [2.75, 3.05) is 36.6 Å². The summed E-state index contributed by atoms with van der Waals surface area (Å²) in [6, 6.07) is 8.55. The maximum atomic E-state index is 12.2. The zero-order chi connectivity index (χ0) is 16.6. The highest BCUT2D eigenvalue weighted by Gasteiger charge is 2.17. The van der Waals surface area contributed by atoms with Gasteiger partial charge in [0.15, 0.2) is 0 Å². The van der Waals surface area contributed by atoms with E-state index in [0.717, 1.165) is 55.5 Å². The number of carbonyl (C=O) groups is 1. The molecule has 1 aromatic rings. The first-order valence-corrected chi connectivity index (χ1v) is 10.9. The van der Waals surface area contributed by atoms with E-state index in [1.54, 1.807) is 0 Å². The van der Waals surface area contributed by atoms with Crippen molar-refractivity contribution in [3.05, 3.63) is 29.8 Å². The van der Waals surface area contributed by atoms with Crippen molar-refractivity contribution < 1.29 is 9.53 Å². The Hall–Kier alpha value is -0.690. The van der Waals surface area contributed by atoms with E-state index in [0.29, 0.717) is 17.7 Å². The van der Waals surface area contributed by atoms with Gasteiger partial charge < -0.3 is 15.4 Å². The molecule has 2 aliphatic rings. The summed E-state index contributed by atoms with van der Waals surface area (Å²) in [6.45, 7) is 2.78. The Morgan fingerprint density at radius 1 is 1.38 bits per heavy atom. The summed E-state index contributed by atoms with van der Waals surface area (Å²) in [6.07, 6.45) is 2.84. The van der Waals surface area contributed by atoms with E-state index in [2.05, 4.69) is 22.8 Å². The third-order valence-electron chi connectivity index (χ3n) is 4.30. The van der Waals surface area contributed by atoms with Gasteiger partial charge in [-0.2, -0.15) is 23.5 Å². The number of amides is 1. The SMILES string of the molecule is O=C(CC1CSCCN1)Nc1cccc(CSC2CCOCC2)c1. The number of hydrogen-bond donors (Lipinski definition) is 2. The van der Waals surface area contributed by atoms with E-state index in [-0.39, 0.29) is 5.91 Å². The molecule has 24 heavy (non-hydrogen) atoms. The van der Waals surface area contributed by atoms with Gasteiger partial charge in [0.05, 0.1) is 0 Å². The lowest BCUT2D eigenvalue weighted by Gasteiger charge is -2.22. The molecule has 0 spiro atoms. The molecule has 2 saturated heterocycles. The number of benzene rings is 1. The molecule has 1 atom stereocenters. The normalized spacial score (nSPS) is 22.2. The summed E-state index contributed by atoms with van der Waals surface area (Å²) >= 11 is 3.92. The fraction of sp³-hybridized carbons (Fsp3) is 0.611. The van der Waals surface area contributed by atoms with E-state index in [4.69, 9.17) is 4.74 Å². The van der Waals surface area contributed by atoms with Crippen LogP contribution in [0.2, 0.25) is 0 Å². The molecule has 0 radical (unpaired) electrons. The van der Waals surface area contributed by atoms with Crippen LogP contribution in [0.5, 0.6) is 0 Å². The molecular weight excluding hydrogens is 340 g/mol. The van der Waals surface area contributed by atoms with Crippen LogP contribution in [0.1, 0.15) is 24.8 Å². The van der Waals surface area contributed by atoms with Crippen molar-refractivity contribution in [3.8, 4) is 0 Å². The number of carbonyl (C=O) groups excluding carboxylic acids is 1. The minimum absolute atomic E-state index is 0.101. The second-order valence-electron chi connectivity index (χ2n) is 6.30. The molecule has 2 aliphatic heterocycles. The highest BCUT2D eigenvalue weighted by atomic mass is 32.2. The zero-order valence-corrected chi connectivity index (χ0v) is 15.6. The molecule has 0 aliphatic carbocycles. The number of hydrogen-bond acceptors (Lipinski definition) is 5. The summed E-state index contributed by atoms with van der Waals surface area (Å²) in [5.74, 6) is 3.26. The fourth-order valence-corrected chi connectivity index (χ4v) is 5.06. The Labute approximate surface area is 152 Å². The first-order chi connectivity index (χ1) is 11.8. The highest BCUT2D eigenvalue weighted by Crippen LogP contribution is 2.26. The number of ether oxygens (including phenoxy) is 1. The zero-order valence-electron chi connectivity index (χ0n) is 14.0. The van der Waals surface area contributed by atoms with Crippen molar-refractivity contribution in [3.63, 3.8) is 0 Å². The molecular formula is C18H26N2O2S2. The van der Waals surface area contributed by atoms with Crippen molar-refractivity contribution in [2.45, 2.75) is 36.3 Å². The molecule has 0 bridgehead atoms. The first kappa shape index (κ1) is 18.1. The van der Waals surface area contributed by atoms with E-state index in [1.807, 2.05) is 35.7 Å². The lowest BCUT2D eigenvalue weighted by molar-refractivity contribution is -0.116. The quantitative estimate of drug-likeness (QED) is 0.810. The number of thioether (sulfide) groups is 2. The molecule has 2 fully saturated rings. The third-order valence-corrected chi connectivity index (χ3v) is 6.87. The van der Waals surface area contributed by atoms with E-state index < -0.39 is 0 Å². The molecule has 1 amide bonds. The van der Waals surface area contributed by atoms with Crippen LogP contribution in [0.3, 0.4) is 0 Å². The maximum absolute atomic E-state index is 12.2. The van der Waals surface area contributed by atoms with Crippen molar-refractivity contribution in [1.29, 1.82) is 0 Å². The average molecular weight is 367 g/mol. The Bertz CT molecular complexity index is 530. The number of rotatable bonds is 6. The largest absolute Gasteiger partial charge is 0.381 e. The van der Waals surface area contributed by atoms with Gasteiger partial charge in [0.25, 0.3) is 0 Å². The average Bonchev–Trinajstić information content (AvgIpc) is 2.62. The third kappa shape index (κ3) is 5.99. The lowest BCUT2D eigenvalue weighted by atomic mass is 10.2. The van der Waals surface area contributed by atoms with Gasteiger partial charge in [-0.3, -0.25) is 4.79 Å². The predicted octanol–water partition coefficient (Wildman–Crippen LogP) is 3.13. The topological polar surface area (TPSA) is 50.4 Å². The van der Waals surface area contributed by atoms with Crippen molar-refractivity contribution >= 4 is 35.1 Å². The Balaban J connectivity index is 1.46. The Morgan fingerprint density at radius 2 is 2.25 bits per heavy atom. The van der Waals surface area contributed by atoms with Crippen molar-refractivity contribution in [1.82, 2.24) is 5.32 Å². The summed E-state index contributed by atoms with van der Waals surface area (Å²) in [5, 5.41) is 7.16. The van der Waals surface area contributed by atoms with Gasteiger partial charge in [-0.25, -0.2) is 0 Å². The van der Waals surface area contributed by atoms with Gasteiger partial charge in [0, 0.05) is 60.4 Å². The van der Waals surface area contributed by atoms with Crippen LogP contribution in [0, 0.1) is 0 Å². The Morgan fingerprint density at radius 3 is 3.04 bits per heavy atom. The van der Waals surface area contributed by atoms with Crippen LogP contribution in [0.4, 0.5) is 5.69 Å². The van der Waals surface area contributed by atoms with Crippen LogP contribution in [0.25, 0.3) is 0 Å². The summed E-state index contributed by atoms with van der Waals surface area (Å²) < 4.78 is 5.41. The van der Waals surface area contributed by atoms with E-state index in [1.165, 1.54) is 5.56 Å². The van der Waals surface area contributed by atoms with Crippen molar-refractivity contribution in [2.24, 2.45) is 0 Å². The van der Waals surface area contributed by atoms with Gasteiger partial charge >= 0.3 is 0 Å². The standard InChI is InChI=1S/C18H26N2O2S2/c21-18(11-16-13-23-9-6-19-16)20-15-3-1-2-14(10-15)12-24-17-4-7-22-8-5-17/h1-3,10,16-17,19H,4-9,11-13H2,(H,20,21). The van der Waals surface area contributed by atoms with Gasteiger partial charge in [0.2, 0.25) is 5.91 Å². The maximum Gasteiger partial charge on any atom is 0.225 e.